The van der Waals surface area contributed by atoms with Gasteiger partial charge in [0.25, 0.3) is 0 Å². The summed E-state index contributed by atoms with van der Waals surface area (Å²) in [4.78, 5) is 4.47. The molecule has 3 N–H and O–H groups in total. The van der Waals surface area contributed by atoms with Crippen LogP contribution in [-0.4, -0.2) is 39.8 Å². The van der Waals surface area contributed by atoms with Crippen molar-refractivity contribution in [3.8, 4) is 0 Å². The number of nitrogens with zero attached hydrogens (tertiary/aromatic N) is 1. The molecular formula is C16H27IN4O2S. The first-order valence-corrected chi connectivity index (χ1v) is 9.77. The second-order valence-corrected chi connectivity index (χ2v) is 7.64. The Labute approximate surface area is 162 Å². The molecule has 24 heavy (non-hydrogen) atoms. The minimum absolute atomic E-state index is 0. The Balaban J connectivity index is 0.00000288. The number of hydrogen-bond acceptors (Lipinski definition) is 3. The summed E-state index contributed by atoms with van der Waals surface area (Å²) in [5.74, 6) is 1.42. The van der Waals surface area contributed by atoms with Crippen molar-refractivity contribution >= 4 is 40.0 Å². The molecule has 1 aromatic rings. The van der Waals surface area contributed by atoms with E-state index in [9.17, 15) is 8.42 Å². The largest absolute Gasteiger partial charge is 0.357 e. The predicted molar refractivity (Wildman–Crippen MR) is 109 cm³/mol. The molecule has 0 heterocycles. The number of guanidine groups is 1. The quantitative estimate of drug-likeness (QED) is 0.294. The average molecular weight is 466 g/mol. The van der Waals surface area contributed by atoms with Crippen LogP contribution in [0.5, 0.6) is 0 Å². The van der Waals surface area contributed by atoms with Crippen LogP contribution in [0.3, 0.4) is 0 Å². The average Bonchev–Trinajstić information content (AvgIpc) is 3.36. The predicted octanol–water partition coefficient (Wildman–Crippen LogP) is 1.69. The second kappa shape index (κ2) is 10.9. The number of sulfonamides is 1. The topological polar surface area (TPSA) is 82.6 Å². The normalized spacial score (nSPS) is 14.8. The molecule has 136 valence electrons. The number of halogens is 1. The van der Waals surface area contributed by atoms with Crippen molar-refractivity contribution in [3.05, 3.63) is 35.9 Å². The molecule has 8 heteroatoms. The first-order valence-electron chi connectivity index (χ1n) is 8.12. The Bertz CT molecular complexity index is 604. The molecule has 0 atom stereocenters. The molecule has 1 aliphatic carbocycles. The Hall–Kier alpha value is -0.870. The van der Waals surface area contributed by atoms with Crippen LogP contribution in [0, 0.1) is 5.92 Å². The monoisotopic (exact) mass is 466 g/mol. The smallest absolute Gasteiger partial charge is 0.213 e. The van der Waals surface area contributed by atoms with Gasteiger partial charge in [-0.15, -0.1) is 24.0 Å². The molecule has 2 rings (SSSR count). The van der Waals surface area contributed by atoms with E-state index >= 15 is 0 Å². The fraction of sp³-hybridized carbons (Fsp3) is 0.562. The molecule has 0 bridgehead atoms. The van der Waals surface area contributed by atoms with E-state index in [0.29, 0.717) is 25.0 Å². The van der Waals surface area contributed by atoms with Crippen molar-refractivity contribution < 1.29 is 8.42 Å². The van der Waals surface area contributed by atoms with Gasteiger partial charge in [-0.2, -0.15) is 0 Å². The zero-order valence-electron chi connectivity index (χ0n) is 14.0. The minimum atomic E-state index is -3.30. The molecule has 1 fully saturated rings. The minimum Gasteiger partial charge on any atom is -0.357 e. The summed E-state index contributed by atoms with van der Waals surface area (Å²) in [6.07, 6.45) is 2.50. The first kappa shape index (κ1) is 21.2. The third kappa shape index (κ3) is 8.84. The number of aliphatic imine (C=N–C) groups is 1. The molecule has 0 aromatic heterocycles. The van der Waals surface area contributed by atoms with Crippen molar-refractivity contribution in [2.45, 2.75) is 26.3 Å². The number of nitrogens with one attached hydrogen (secondary N) is 3. The van der Waals surface area contributed by atoms with Crippen LogP contribution in [-0.2, 0) is 16.6 Å². The standard InChI is InChI=1S/C16H26N4O2S.HI/c1-2-17-16(19-12-15-8-9-15)18-10-11-23(21,22)20-13-14-6-4-3-5-7-14;/h3-7,15,20H,2,8-13H2,1H3,(H2,17,18,19);1H. The van der Waals surface area contributed by atoms with E-state index in [1.165, 1.54) is 12.8 Å². The van der Waals surface area contributed by atoms with Gasteiger partial charge < -0.3 is 10.6 Å². The maximum Gasteiger partial charge on any atom is 0.213 e. The summed E-state index contributed by atoms with van der Waals surface area (Å²) in [5, 5.41) is 6.21. The van der Waals surface area contributed by atoms with Crippen molar-refractivity contribution in [3.63, 3.8) is 0 Å². The lowest BCUT2D eigenvalue weighted by atomic mass is 10.2. The van der Waals surface area contributed by atoms with Crippen LogP contribution >= 0.6 is 24.0 Å². The molecule has 1 saturated carbocycles. The highest BCUT2D eigenvalue weighted by Crippen LogP contribution is 2.28. The Kier molecular flexibility index (Phi) is 9.60. The Morgan fingerprint density at radius 1 is 1.21 bits per heavy atom. The van der Waals surface area contributed by atoms with Crippen LogP contribution < -0.4 is 15.4 Å². The third-order valence-corrected chi connectivity index (χ3v) is 4.88. The number of rotatable bonds is 9. The van der Waals surface area contributed by atoms with E-state index in [1.54, 1.807) is 0 Å². The van der Waals surface area contributed by atoms with Gasteiger partial charge in [0.05, 0.1) is 5.75 Å². The number of benzene rings is 1. The van der Waals surface area contributed by atoms with Gasteiger partial charge in [0.1, 0.15) is 0 Å². The van der Waals surface area contributed by atoms with Gasteiger partial charge in [-0.1, -0.05) is 30.3 Å². The van der Waals surface area contributed by atoms with Crippen LogP contribution in [0.4, 0.5) is 0 Å². The number of hydrogen-bond donors (Lipinski definition) is 3. The molecule has 0 radical (unpaired) electrons. The van der Waals surface area contributed by atoms with Gasteiger partial charge in [0.15, 0.2) is 5.96 Å². The van der Waals surface area contributed by atoms with E-state index in [2.05, 4.69) is 20.3 Å². The van der Waals surface area contributed by atoms with Crippen LogP contribution in [0.25, 0.3) is 0 Å². The Morgan fingerprint density at radius 3 is 2.54 bits per heavy atom. The molecule has 0 aliphatic heterocycles. The molecule has 6 nitrogen and oxygen atoms in total. The highest BCUT2D eigenvalue weighted by atomic mass is 127. The fourth-order valence-corrected chi connectivity index (χ4v) is 2.93. The SMILES string of the molecule is CCNC(=NCC1CC1)NCCS(=O)(=O)NCc1ccccc1.I. The van der Waals surface area contributed by atoms with Crippen molar-refractivity contribution in [1.82, 2.24) is 15.4 Å². The maximum atomic E-state index is 12.0. The van der Waals surface area contributed by atoms with Gasteiger partial charge in [0, 0.05) is 26.2 Å². The Morgan fingerprint density at radius 2 is 1.92 bits per heavy atom. The van der Waals surface area contributed by atoms with Crippen LogP contribution in [0.2, 0.25) is 0 Å². The lowest BCUT2D eigenvalue weighted by Gasteiger charge is -2.12. The lowest BCUT2D eigenvalue weighted by Crippen LogP contribution is -2.41. The zero-order chi connectivity index (χ0) is 16.5. The van der Waals surface area contributed by atoms with Crippen LogP contribution in [0.1, 0.15) is 25.3 Å². The highest BCUT2D eigenvalue weighted by molar-refractivity contribution is 14.0. The first-order chi connectivity index (χ1) is 11.1. The third-order valence-electron chi connectivity index (χ3n) is 3.55. The van der Waals surface area contributed by atoms with E-state index in [-0.39, 0.29) is 29.7 Å². The van der Waals surface area contributed by atoms with E-state index in [1.807, 2.05) is 37.3 Å². The van der Waals surface area contributed by atoms with Crippen molar-refractivity contribution in [1.29, 1.82) is 0 Å². The summed E-state index contributed by atoms with van der Waals surface area (Å²) in [6.45, 7) is 4.22. The van der Waals surface area contributed by atoms with Gasteiger partial charge >= 0.3 is 0 Å². The summed E-state index contributed by atoms with van der Waals surface area (Å²) in [7, 11) is -3.30. The summed E-state index contributed by atoms with van der Waals surface area (Å²) in [5.41, 5.74) is 0.948. The lowest BCUT2D eigenvalue weighted by molar-refractivity contribution is 0.580. The molecule has 0 saturated heterocycles. The fourth-order valence-electron chi connectivity index (χ4n) is 2.03. The van der Waals surface area contributed by atoms with E-state index in [4.69, 9.17) is 0 Å². The van der Waals surface area contributed by atoms with Crippen LogP contribution in [0.15, 0.2) is 35.3 Å². The molecule has 0 amide bonds. The molecule has 1 aliphatic rings. The summed E-state index contributed by atoms with van der Waals surface area (Å²) in [6, 6.07) is 9.49. The highest BCUT2D eigenvalue weighted by Gasteiger charge is 2.20. The summed E-state index contributed by atoms with van der Waals surface area (Å²) < 4.78 is 26.6. The van der Waals surface area contributed by atoms with Crippen molar-refractivity contribution in [2.24, 2.45) is 10.9 Å². The van der Waals surface area contributed by atoms with Gasteiger partial charge in [-0.3, -0.25) is 4.99 Å². The van der Waals surface area contributed by atoms with Gasteiger partial charge in [-0.05, 0) is 31.2 Å². The summed E-state index contributed by atoms with van der Waals surface area (Å²) >= 11 is 0. The van der Waals surface area contributed by atoms with E-state index in [0.717, 1.165) is 18.7 Å². The van der Waals surface area contributed by atoms with E-state index < -0.39 is 10.0 Å². The zero-order valence-corrected chi connectivity index (χ0v) is 17.1. The molecule has 0 spiro atoms. The molecule has 0 unspecified atom stereocenters. The molecule has 1 aromatic carbocycles. The van der Waals surface area contributed by atoms with Gasteiger partial charge in [0.2, 0.25) is 10.0 Å². The maximum absolute atomic E-state index is 12.0. The molecular weight excluding hydrogens is 439 g/mol. The second-order valence-electron chi connectivity index (χ2n) is 5.72. The van der Waals surface area contributed by atoms with Gasteiger partial charge in [-0.25, -0.2) is 13.1 Å². The van der Waals surface area contributed by atoms with Crippen molar-refractivity contribution in [2.75, 3.05) is 25.4 Å².